The summed E-state index contributed by atoms with van der Waals surface area (Å²) in [5.74, 6) is -6.96. The Kier molecular flexibility index (Phi) is 3.83. The van der Waals surface area contributed by atoms with Crippen LogP contribution in [-0.2, 0) is 26.3 Å². The number of nitrogens with zero attached hydrogens (tertiary/aromatic N) is 3. The van der Waals surface area contributed by atoms with E-state index in [2.05, 4.69) is 0 Å². The highest BCUT2D eigenvalue weighted by Crippen LogP contribution is 2.47. The minimum absolute atomic E-state index is 0.0853. The number of methoxy groups -OCH3 is 1. The molecular weight excluding hydrogens is 568 g/mol. The maximum Gasteiger partial charge on any atom is 0.303 e. The van der Waals surface area contributed by atoms with Gasteiger partial charge in [-0.05, 0) is 66.2 Å². The van der Waals surface area contributed by atoms with Gasteiger partial charge in [0.1, 0.15) is 5.75 Å². The summed E-state index contributed by atoms with van der Waals surface area (Å²) in [5.41, 5.74) is -3.25. The molecule has 2 aliphatic heterocycles. The standard InChI is InChI=1S/C32H38N4O6S/c1-34-13-15-42-16-14-35(2)43(39,40)33-31(37)22-9-11-27-28(19-22)36-20-24(32(34)38)17-23-18-25(41-3)10-12-26(23)30(36)29(27)21-7-5-4-6-8-21/h9-12,17-19,21H,4-8,13-16,20H2,1-3H3,(H,33,37)/i1D3,2D3,3D3,4D2,5D2,6D2,7D2,8D2,21D. The number of benzene rings is 2. The number of ether oxygens (including phenoxy) is 2. The van der Waals surface area contributed by atoms with E-state index in [9.17, 15) is 19.4 Å². The number of fused-ring (bicyclic) bond motifs is 4. The van der Waals surface area contributed by atoms with Crippen LogP contribution in [0.4, 0.5) is 0 Å². The maximum absolute atomic E-state index is 14.5. The Labute approximate surface area is 280 Å². The van der Waals surface area contributed by atoms with E-state index in [0.29, 0.717) is 4.90 Å². The first kappa shape index (κ1) is 14.0. The number of rotatable bonds is 2. The van der Waals surface area contributed by atoms with E-state index in [4.69, 9.17) is 35.5 Å². The summed E-state index contributed by atoms with van der Waals surface area (Å²) in [5, 5.41) is -0.452. The summed E-state index contributed by atoms with van der Waals surface area (Å²) in [7, 11) is -8.32. The Hall–Kier alpha value is -3.67. The van der Waals surface area contributed by atoms with Crippen LogP contribution >= 0.6 is 0 Å². The first-order valence-electron chi connectivity index (χ1n) is 22.8. The SMILES string of the molecule is [2H]C([2H])([2H])Oc1ccc2c(c1)C=C1Cn3c-2c(C2([2H])C([2H])([2H])C([2H])([2H])C([2H])([2H])C([2H])([2H])C2([2H])[2H])c2ccc(cc23)C(=O)NS(=O)(=O)N(C([2H])([2H])[2H])CCOCCN(C([2H])([2H])[2H])C1=O. The van der Waals surface area contributed by atoms with Crippen molar-refractivity contribution >= 4 is 39.0 Å². The zero-order chi connectivity index (χ0) is 47.7. The fourth-order valence-electron chi connectivity index (χ4n) is 5.07. The molecule has 1 N–H and O–H groups in total. The lowest BCUT2D eigenvalue weighted by Gasteiger charge is -2.24. The van der Waals surface area contributed by atoms with Gasteiger partial charge in [0, 0.05) is 77.9 Å². The van der Waals surface area contributed by atoms with Gasteiger partial charge in [0.05, 0.1) is 36.6 Å². The number of aromatic nitrogens is 1. The van der Waals surface area contributed by atoms with Gasteiger partial charge in [-0.2, -0.15) is 12.7 Å². The molecule has 0 unspecified atom stereocenters. The van der Waals surface area contributed by atoms with Gasteiger partial charge in [-0.3, -0.25) is 9.59 Å². The third-order valence-corrected chi connectivity index (χ3v) is 8.27. The molecule has 3 aliphatic rings. The first-order valence-corrected chi connectivity index (χ1v) is 14.3. The lowest BCUT2D eigenvalue weighted by molar-refractivity contribution is -0.126. The molecule has 228 valence electrons. The fourth-order valence-corrected chi connectivity index (χ4v) is 5.84. The zero-order valence-electron chi connectivity index (χ0n) is 42.3. The molecule has 0 atom stereocenters. The number of carbonyl (C=O) groups excluding carboxylic acids is 2. The van der Waals surface area contributed by atoms with Crippen LogP contribution in [-0.4, -0.2) is 81.3 Å². The van der Waals surface area contributed by atoms with Crippen LogP contribution in [0.2, 0.25) is 0 Å². The average Bonchev–Trinajstić information content (AvgIpc) is 3.33. The van der Waals surface area contributed by atoms with E-state index < -0.39 is 141 Å². The van der Waals surface area contributed by atoms with E-state index in [-0.39, 0.29) is 26.7 Å². The van der Waals surface area contributed by atoms with Gasteiger partial charge in [-0.15, -0.1) is 0 Å². The molecule has 0 radical (unpaired) electrons. The van der Waals surface area contributed by atoms with Crippen molar-refractivity contribution in [2.75, 3.05) is 47.3 Å². The third kappa shape index (κ3) is 5.57. The minimum atomic E-state index is -5.26. The van der Waals surface area contributed by atoms with E-state index in [1.807, 2.05) is 0 Å². The van der Waals surface area contributed by atoms with E-state index in [1.54, 1.807) is 4.72 Å². The van der Waals surface area contributed by atoms with Crippen molar-refractivity contribution in [1.82, 2.24) is 18.5 Å². The number of nitrogens with one attached hydrogen (secondary N) is 1. The Morgan fingerprint density at radius 2 is 1.91 bits per heavy atom. The van der Waals surface area contributed by atoms with Crippen molar-refractivity contribution < 1.29 is 54.9 Å². The molecule has 0 saturated heterocycles. The summed E-state index contributed by atoms with van der Waals surface area (Å²) in [4.78, 5) is 28.7. The second kappa shape index (κ2) is 11.8. The van der Waals surface area contributed by atoms with Gasteiger partial charge in [-0.1, -0.05) is 25.2 Å². The van der Waals surface area contributed by atoms with Crippen molar-refractivity contribution in [2.45, 2.75) is 44.3 Å². The van der Waals surface area contributed by atoms with Crippen LogP contribution in [0.5, 0.6) is 5.75 Å². The van der Waals surface area contributed by atoms with Gasteiger partial charge in [0.15, 0.2) is 0 Å². The van der Waals surface area contributed by atoms with Crippen molar-refractivity contribution in [2.24, 2.45) is 0 Å². The van der Waals surface area contributed by atoms with Gasteiger partial charge >= 0.3 is 10.2 Å². The van der Waals surface area contributed by atoms with Gasteiger partial charge in [0.2, 0.25) is 0 Å². The van der Waals surface area contributed by atoms with Crippen LogP contribution in [0.1, 0.15) is 86.7 Å². The number of hydrogen-bond acceptors (Lipinski definition) is 6. The molecule has 0 spiro atoms. The molecule has 4 bridgehead atoms. The van der Waals surface area contributed by atoms with Crippen molar-refractivity contribution in [3.8, 4) is 17.0 Å². The van der Waals surface area contributed by atoms with Crippen LogP contribution in [0, 0.1) is 0 Å². The first-order chi connectivity index (χ1) is 28.4. The predicted molar refractivity (Wildman–Crippen MR) is 165 cm³/mol. The fraction of sp³-hybridized carbons (Fsp3) is 0.438. The van der Waals surface area contributed by atoms with Crippen LogP contribution < -0.4 is 9.46 Å². The maximum atomic E-state index is 14.5. The van der Waals surface area contributed by atoms with Crippen molar-refractivity contribution in [3.05, 3.63) is 58.7 Å². The quantitative estimate of drug-likeness (QED) is 0.458. The number of amides is 2. The highest BCUT2D eigenvalue weighted by Gasteiger charge is 2.31. The Balaban J connectivity index is 1.80. The molecule has 11 heteroatoms. The smallest absolute Gasteiger partial charge is 0.303 e. The lowest BCUT2D eigenvalue weighted by Crippen LogP contribution is -2.42. The molecule has 3 heterocycles. The normalized spacial score (nSPS) is 34.8. The van der Waals surface area contributed by atoms with Gasteiger partial charge in [0.25, 0.3) is 11.8 Å². The molecule has 1 aromatic heterocycles. The molecule has 3 aromatic rings. The molecular formula is C32H38N4O6S. The number of carbonyl (C=O) groups is 2. The van der Waals surface area contributed by atoms with Crippen LogP contribution in [0.15, 0.2) is 42.0 Å². The van der Waals surface area contributed by atoms with E-state index in [0.717, 1.165) is 47.0 Å². The molecule has 1 fully saturated rings. The topological polar surface area (TPSA) is 110 Å². The molecule has 43 heavy (non-hydrogen) atoms. The highest BCUT2D eigenvalue weighted by molar-refractivity contribution is 7.87. The second-order valence-electron chi connectivity index (χ2n) is 9.64. The largest absolute Gasteiger partial charge is 0.497 e. The Bertz CT molecular complexity index is 2500. The Morgan fingerprint density at radius 1 is 1.07 bits per heavy atom. The van der Waals surface area contributed by atoms with E-state index >= 15 is 0 Å². The highest BCUT2D eigenvalue weighted by atomic mass is 32.2. The summed E-state index contributed by atoms with van der Waals surface area (Å²) in [6.07, 6.45) is -19.0. The number of hydrogen-bond donors (Lipinski definition) is 1. The molecule has 1 saturated carbocycles. The predicted octanol–water partition coefficient (Wildman–Crippen LogP) is 4.16. The molecule has 6 rings (SSSR count). The third-order valence-electron chi connectivity index (χ3n) is 7.06. The Morgan fingerprint density at radius 3 is 2.70 bits per heavy atom. The van der Waals surface area contributed by atoms with Gasteiger partial charge in [-0.25, -0.2) is 4.72 Å². The monoisotopic (exact) mass is 626 g/mol. The molecule has 2 aromatic carbocycles. The molecule has 10 nitrogen and oxygen atoms in total. The van der Waals surface area contributed by atoms with Crippen LogP contribution in [0.3, 0.4) is 0 Å². The molecule has 2 amide bonds. The van der Waals surface area contributed by atoms with E-state index in [1.165, 1.54) is 0 Å². The average molecular weight is 627 g/mol. The molecule has 1 aliphatic carbocycles. The van der Waals surface area contributed by atoms with Crippen molar-refractivity contribution in [3.63, 3.8) is 0 Å². The zero-order valence-corrected chi connectivity index (χ0v) is 23.1. The minimum Gasteiger partial charge on any atom is -0.497 e. The summed E-state index contributed by atoms with van der Waals surface area (Å²) >= 11 is 0. The van der Waals surface area contributed by atoms with Crippen molar-refractivity contribution in [1.29, 1.82) is 0 Å². The van der Waals surface area contributed by atoms with Crippen LogP contribution in [0.25, 0.3) is 28.2 Å². The van der Waals surface area contributed by atoms with Gasteiger partial charge < -0.3 is 18.9 Å². The summed E-state index contributed by atoms with van der Waals surface area (Å²) in [6, 6.07) is 5.99. The summed E-state index contributed by atoms with van der Waals surface area (Å²) < 4.78 is 209. The second-order valence-corrected chi connectivity index (χ2v) is 11.2. The summed E-state index contributed by atoms with van der Waals surface area (Å²) in [6.45, 7) is -10.4. The number of likely N-dealkylation sites (N-methyl/N-ethyl adjacent to an activating group) is 2. The lowest BCUT2D eigenvalue weighted by atomic mass is 9.81.